The van der Waals surface area contributed by atoms with Gasteiger partial charge in [-0.25, -0.2) is 13.1 Å². The first-order chi connectivity index (χ1) is 16.0. The lowest BCUT2D eigenvalue weighted by Gasteiger charge is -2.22. The zero-order chi connectivity index (χ0) is 23.3. The minimum atomic E-state index is -3.69. The number of aromatic hydroxyl groups is 1. The predicted octanol–water partition coefficient (Wildman–Crippen LogP) is 4.12. The summed E-state index contributed by atoms with van der Waals surface area (Å²) in [6.45, 7) is -0.0495. The second-order valence-electron chi connectivity index (χ2n) is 7.59. The number of nitrogens with one attached hydrogen (secondary N) is 2. The Kier molecular flexibility index (Phi) is 6.72. The van der Waals surface area contributed by atoms with Gasteiger partial charge in [0.05, 0.1) is 10.9 Å². The summed E-state index contributed by atoms with van der Waals surface area (Å²) in [5.41, 5.74) is 1.40. The number of carbonyl (C=O) groups excluding carboxylic acids is 1. The van der Waals surface area contributed by atoms with Gasteiger partial charge in [0.15, 0.2) is 0 Å². The highest BCUT2D eigenvalue weighted by Crippen LogP contribution is 2.35. The highest BCUT2D eigenvalue weighted by molar-refractivity contribution is 7.89. The Balaban J connectivity index is 1.55. The van der Waals surface area contributed by atoms with E-state index in [0.29, 0.717) is 5.56 Å². The summed E-state index contributed by atoms with van der Waals surface area (Å²) < 4.78 is 27.3. The maximum absolute atomic E-state index is 12.8. The molecule has 0 aliphatic heterocycles. The van der Waals surface area contributed by atoms with Crippen molar-refractivity contribution in [3.05, 3.63) is 108 Å². The van der Waals surface area contributed by atoms with E-state index >= 15 is 0 Å². The SMILES string of the molecule is O=C(CCNS(=O)(=O)c1ccccc1)NC(c1ccccc1)c1c(O)ccc2ccccc12. The molecule has 0 aliphatic rings. The maximum atomic E-state index is 12.8. The number of phenolic OH excluding ortho intramolecular Hbond substituents is 1. The van der Waals surface area contributed by atoms with Gasteiger partial charge < -0.3 is 10.4 Å². The lowest BCUT2D eigenvalue weighted by molar-refractivity contribution is -0.121. The monoisotopic (exact) mass is 460 g/mol. The molecule has 7 heteroatoms. The van der Waals surface area contributed by atoms with Gasteiger partial charge in [-0.05, 0) is 34.5 Å². The molecule has 0 fully saturated rings. The molecular formula is C26H24N2O4S. The van der Waals surface area contributed by atoms with Gasteiger partial charge >= 0.3 is 0 Å². The lowest BCUT2D eigenvalue weighted by Crippen LogP contribution is -2.33. The van der Waals surface area contributed by atoms with E-state index in [4.69, 9.17) is 0 Å². The van der Waals surface area contributed by atoms with Gasteiger partial charge in [-0.15, -0.1) is 0 Å². The molecule has 1 amide bonds. The molecule has 0 spiro atoms. The Labute approximate surface area is 193 Å². The number of hydrogen-bond acceptors (Lipinski definition) is 4. The van der Waals surface area contributed by atoms with Crippen LogP contribution in [-0.4, -0.2) is 26.0 Å². The highest BCUT2D eigenvalue weighted by Gasteiger charge is 2.23. The summed E-state index contributed by atoms with van der Waals surface area (Å²) in [4.78, 5) is 13.0. The van der Waals surface area contributed by atoms with Crippen molar-refractivity contribution in [2.75, 3.05) is 6.54 Å². The van der Waals surface area contributed by atoms with Crippen molar-refractivity contribution in [3.63, 3.8) is 0 Å². The number of hydrogen-bond donors (Lipinski definition) is 3. The number of rotatable bonds is 8. The van der Waals surface area contributed by atoms with Gasteiger partial charge in [-0.1, -0.05) is 78.9 Å². The normalized spacial score (nSPS) is 12.4. The van der Waals surface area contributed by atoms with Crippen molar-refractivity contribution < 1.29 is 18.3 Å². The molecule has 4 aromatic rings. The Morgan fingerprint density at radius 1 is 0.818 bits per heavy atom. The van der Waals surface area contributed by atoms with E-state index in [1.54, 1.807) is 24.3 Å². The van der Waals surface area contributed by atoms with Crippen molar-refractivity contribution in [3.8, 4) is 5.75 Å². The molecule has 4 aromatic carbocycles. The van der Waals surface area contributed by atoms with Crippen molar-refractivity contribution in [2.24, 2.45) is 0 Å². The molecule has 0 saturated carbocycles. The minimum absolute atomic E-state index is 0.0495. The Hall–Kier alpha value is -3.68. The van der Waals surface area contributed by atoms with Gasteiger partial charge in [-0.2, -0.15) is 0 Å². The van der Waals surface area contributed by atoms with Crippen LogP contribution < -0.4 is 10.0 Å². The van der Waals surface area contributed by atoms with Gasteiger partial charge in [-0.3, -0.25) is 4.79 Å². The second-order valence-corrected chi connectivity index (χ2v) is 9.36. The standard InChI is InChI=1S/C26H24N2O4S/c29-23-16-15-19-9-7-8-14-22(19)25(23)26(20-10-3-1-4-11-20)28-24(30)17-18-27-33(31,32)21-12-5-2-6-13-21/h1-16,26-27,29H,17-18H2,(H,28,30). The quantitative estimate of drug-likeness (QED) is 0.369. The van der Waals surface area contributed by atoms with Crippen LogP contribution in [0.15, 0.2) is 102 Å². The van der Waals surface area contributed by atoms with Crippen LogP contribution in [0.5, 0.6) is 5.75 Å². The third kappa shape index (κ3) is 5.22. The molecule has 1 unspecified atom stereocenters. The first-order valence-corrected chi connectivity index (χ1v) is 12.0. The number of amides is 1. The average Bonchev–Trinajstić information content (AvgIpc) is 2.84. The second kappa shape index (κ2) is 9.85. The topological polar surface area (TPSA) is 95.5 Å². The van der Waals surface area contributed by atoms with Crippen LogP contribution in [0.2, 0.25) is 0 Å². The fourth-order valence-corrected chi connectivity index (χ4v) is 4.82. The van der Waals surface area contributed by atoms with E-state index in [0.717, 1.165) is 16.3 Å². The fourth-order valence-electron chi connectivity index (χ4n) is 3.77. The van der Waals surface area contributed by atoms with E-state index in [9.17, 15) is 18.3 Å². The van der Waals surface area contributed by atoms with Gasteiger partial charge in [0.1, 0.15) is 5.75 Å². The summed E-state index contributed by atoms with van der Waals surface area (Å²) in [5, 5.41) is 15.5. The van der Waals surface area contributed by atoms with Crippen molar-refractivity contribution >= 4 is 26.7 Å². The van der Waals surface area contributed by atoms with Gasteiger partial charge in [0.2, 0.25) is 15.9 Å². The van der Waals surface area contributed by atoms with Crippen LogP contribution in [0.3, 0.4) is 0 Å². The molecule has 0 bridgehead atoms. The summed E-state index contributed by atoms with van der Waals surface area (Å²) in [7, 11) is -3.69. The van der Waals surface area contributed by atoms with Crippen LogP contribution in [-0.2, 0) is 14.8 Å². The van der Waals surface area contributed by atoms with Crippen molar-refractivity contribution in [1.82, 2.24) is 10.0 Å². The van der Waals surface area contributed by atoms with Crippen molar-refractivity contribution in [1.29, 1.82) is 0 Å². The highest BCUT2D eigenvalue weighted by atomic mass is 32.2. The number of carbonyl (C=O) groups is 1. The Morgan fingerprint density at radius 3 is 2.18 bits per heavy atom. The van der Waals surface area contributed by atoms with Crippen LogP contribution in [0, 0.1) is 0 Å². The third-order valence-electron chi connectivity index (χ3n) is 5.37. The molecule has 3 N–H and O–H groups in total. The predicted molar refractivity (Wildman–Crippen MR) is 128 cm³/mol. The molecule has 168 valence electrons. The van der Waals surface area contributed by atoms with E-state index in [2.05, 4.69) is 10.0 Å². The van der Waals surface area contributed by atoms with Crippen LogP contribution in [0.1, 0.15) is 23.6 Å². The number of sulfonamides is 1. The third-order valence-corrected chi connectivity index (χ3v) is 6.85. The number of phenols is 1. The molecule has 0 saturated heterocycles. The summed E-state index contributed by atoms with van der Waals surface area (Å²) in [5.74, 6) is -0.264. The summed E-state index contributed by atoms with van der Waals surface area (Å²) in [6, 6.07) is 27.9. The first-order valence-electron chi connectivity index (χ1n) is 10.6. The molecule has 0 aromatic heterocycles. The van der Waals surface area contributed by atoms with Crippen molar-refractivity contribution in [2.45, 2.75) is 17.4 Å². The largest absolute Gasteiger partial charge is 0.508 e. The van der Waals surface area contributed by atoms with Crippen LogP contribution in [0.4, 0.5) is 0 Å². The fraction of sp³-hybridized carbons (Fsp3) is 0.115. The minimum Gasteiger partial charge on any atom is -0.508 e. The zero-order valence-corrected chi connectivity index (χ0v) is 18.6. The van der Waals surface area contributed by atoms with E-state index in [1.165, 1.54) is 12.1 Å². The molecule has 1 atom stereocenters. The summed E-state index contributed by atoms with van der Waals surface area (Å²) >= 11 is 0. The molecule has 33 heavy (non-hydrogen) atoms. The number of fused-ring (bicyclic) bond motifs is 1. The molecule has 4 rings (SSSR count). The molecule has 0 heterocycles. The molecule has 0 aliphatic carbocycles. The average molecular weight is 461 g/mol. The smallest absolute Gasteiger partial charge is 0.240 e. The van der Waals surface area contributed by atoms with E-state index < -0.39 is 16.1 Å². The van der Waals surface area contributed by atoms with Crippen LogP contribution >= 0.6 is 0 Å². The van der Waals surface area contributed by atoms with Gasteiger partial charge in [0.25, 0.3) is 0 Å². The van der Waals surface area contributed by atoms with Crippen LogP contribution in [0.25, 0.3) is 10.8 Å². The van der Waals surface area contributed by atoms with E-state index in [1.807, 2.05) is 60.7 Å². The van der Waals surface area contributed by atoms with E-state index in [-0.39, 0.29) is 29.5 Å². The lowest BCUT2D eigenvalue weighted by atomic mass is 9.92. The summed E-state index contributed by atoms with van der Waals surface area (Å²) in [6.07, 6.45) is -0.0546. The molecular weight excluding hydrogens is 436 g/mol. The first kappa shape index (κ1) is 22.5. The Bertz CT molecular complexity index is 1360. The molecule has 6 nitrogen and oxygen atoms in total. The van der Waals surface area contributed by atoms with Gasteiger partial charge in [0, 0.05) is 18.5 Å². The molecule has 0 radical (unpaired) electrons. The zero-order valence-electron chi connectivity index (χ0n) is 17.8. The Morgan fingerprint density at radius 2 is 1.45 bits per heavy atom. The maximum Gasteiger partial charge on any atom is 0.240 e. The number of benzene rings is 4.